The van der Waals surface area contributed by atoms with Gasteiger partial charge in [0, 0.05) is 5.56 Å². The van der Waals surface area contributed by atoms with Crippen molar-refractivity contribution in [3.05, 3.63) is 71.4 Å². The average Bonchev–Trinajstić information content (AvgIpc) is 3.01. The van der Waals surface area contributed by atoms with Gasteiger partial charge in [-0.3, -0.25) is 0 Å². The molecule has 0 spiro atoms. The minimum atomic E-state index is -4.71. The van der Waals surface area contributed by atoms with E-state index in [2.05, 4.69) is 9.93 Å². The molecule has 142 valence electrons. The molecule has 0 aliphatic rings. The van der Waals surface area contributed by atoms with Crippen LogP contribution in [0.1, 0.15) is 16.8 Å². The van der Waals surface area contributed by atoms with Crippen molar-refractivity contribution in [1.29, 1.82) is 0 Å². The molecule has 3 rings (SSSR count). The summed E-state index contributed by atoms with van der Waals surface area (Å²) in [5.74, 6) is 0. The van der Waals surface area contributed by atoms with E-state index in [9.17, 15) is 21.6 Å². The Bertz CT molecular complexity index is 1070. The Labute approximate surface area is 154 Å². The van der Waals surface area contributed by atoms with Crippen LogP contribution in [0.5, 0.6) is 0 Å². The second kappa shape index (κ2) is 6.73. The molecule has 0 aliphatic carbocycles. The van der Waals surface area contributed by atoms with E-state index in [-0.39, 0.29) is 10.6 Å². The maximum Gasteiger partial charge on any atom is 0.435 e. The Morgan fingerprint density at radius 1 is 0.963 bits per heavy atom. The van der Waals surface area contributed by atoms with E-state index < -0.39 is 21.9 Å². The Balaban J connectivity index is 2.11. The topological polar surface area (TPSA) is 64.0 Å². The molecule has 5 nitrogen and oxygen atoms in total. The van der Waals surface area contributed by atoms with Crippen LogP contribution in [0, 0.1) is 13.8 Å². The summed E-state index contributed by atoms with van der Waals surface area (Å²) >= 11 is 0. The van der Waals surface area contributed by atoms with E-state index in [1.165, 1.54) is 24.3 Å². The van der Waals surface area contributed by atoms with Gasteiger partial charge in [0.15, 0.2) is 5.69 Å². The van der Waals surface area contributed by atoms with Gasteiger partial charge in [0.05, 0.1) is 10.6 Å². The highest BCUT2D eigenvalue weighted by atomic mass is 32.2. The van der Waals surface area contributed by atoms with Gasteiger partial charge in [-0.15, -0.1) is 5.10 Å². The fourth-order valence-electron chi connectivity index (χ4n) is 2.46. The molecule has 0 saturated carbocycles. The lowest BCUT2D eigenvalue weighted by atomic mass is 10.0. The minimum absolute atomic E-state index is 0.00932. The SMILES string of the molecule is Cc1ccc(-c2cc(C(F)(F)F)nn2NS(=O)(=O)c2ccccc2)cc1C. The lowest BCUT2D eigenvalue weighted by Crippen LogP contribution is -2.25. The summed E-state index contributed by atoms with van der Waals surface area (Å²) in [4.78, 5) is 2.67. The number of aryl methyl sites for hydroxylation is 2. The van der Waals surface area contributed by atoms with Gasteiger partial charge in [-0.2, -0.15) is 31.2 Å². The average molecular weight is 395 g/mol. The molecule has 0 fully saturated rings. The third-order valence-corrected chi connectivity index (χ3v) is 5.37. The van der Waals surface area contributed by atoms with Crippen LogP contribution in [-0.4, -0.2) is 18.3 Å². The van der Waals surface area contributed by atoms with Gasteiger partial charge < -0.3 is 0 Å². The maximum atomic E-state index is 13.1. The predicted molar refractivity (Wildman–Crippen MR) is 95.1 cm³/mol. The molecule has 0 radical (unpaired) electrons. The molecule has 3 aromatic rings. The number of hydrogen-bond acceptors (Lipinski definition) is 3. The van der Waals surface area contributed by atoms with E-state index >= 15 is 0 Å². The first-order chi connectivity index (χ1) is 12.6. The van der Waals surface area contributed by atoms with Gasteiger partial charge >= 0.3 is 6.18 Å². The number of rotatable bonds is 4. The van der Waals surface area contributed by atoms with Crippen molar-refractivity contribution >= 4 is 10.0 Å². The Morgan fingerprint density at radius 2 is 1.63 bits per heavy atom. The van der Waals surface area contributed by atoms with Crippen molar-refractivity contribution in [3.63, 3.8) is 0 Å². The molecule has 9 heteroatoms. The van der Waals surface area contributed by atoms with Crippen LogP contribution in [0.3, 0.4) is 0 Å². The van der Waals surface area contributed by atoms with Crippen molar-refractivity contribution in [1.82, 2.24) is 9.89 Å². The second-order valence-corrected chi connectivity index (χ2v) is 7.69. The largest absolute Gasteiger partial charge is 0.435 e. The monoisotopic (exact) mass is 395 g/mol. The van der Waals surface area contributed by atoms with Crippen LogP contribution in [0.15, 0.2) is 59.5 Å². The van der Waals surface area contributed by atoms with Crippen LogP contribution in [0.25, 0.3) is 11.3 Å². The number of nitrogens with one attached hydrogen (secondary N) is 1. The summed E-state index contributed by atoms with van der Waals surface area (Å²) in [6, 6.07) is 13.2. The highest BCUT2D eigenvalue weighted by Crippen LogP contribution is 2.32. The standard InChI is InChI=1S/C18H16F3N3O2S/c1-12-8-9-14(10-13(12)2)16-11-17(18(19,20)21)22-24(16)23-27(25,26)15-6-4-3-5-7-15/h3-11,23H,1-2H3. The molecule has 0 bridgehead atoms. The van der Waals surface area contributed by atoms with Gasteiger partial charge in [-0.05, 0) is 49.2 Å². The van der Waals surface area contributed by atoms with Crippen molar-refractivity contribution in [3.8, 4) is 11.3 Å². The molecule has 0 amide bonds. The van der Waals surface area contributed by atoms with Crippen LogP contribution < -0.4 is 4.83 Å². The van der Waals surface area contributed by atoms with Crippen molar-refractivity contribution in [2.45, 2.75) is 24.9 Å². The first-order valence-corrected chi connectivity index (χ1v) is 9.39. The zero-order chi connectivity index (χ0) is 19.8. The number of halogens is 3. The summed E-state index contributed by atoms with van der Waals surface area (Å²) in [5.41, 5.74) is 1.04. The first-order valence-electron chi connectivity index (χ1n) is 7.91. The highest BCUT2D eigenvalue weighted by Gasteiger charge is 2.35. The number of nitrogens with zero attached hydrogens (tertiary/aromatic N) is 2. The third-order valence-electron chi connectivity index (χ3n) is 4.06. The third kappa shape index (κ3) is 3.97. The Hall–Kier alpha value is -2.81. The summed E-state index contributed by atoms with van der Waals surface area (Å²) < 4.78 is 64.5. The maximum absolute atomic E-state index is 13.1. The van der Waals surface area contributed by atoms with Crippen LogP contribution in [0.4, 0.5) is 13.2 Å². The lowest BCUT2D eigenvalue weighted by Gasteiger charge is -2.12. The molecule has 0 aliphatic heterocycles. The molecule has 0 saturated heterocycles. The number of sulfonamides is 1. The van der Waals surface area contributed by atoms with Gasteiger partial charge in [0.2, 0.25) is 0 Å². The number of aromatic nitrogens is 2. The molecular formula is C18H16F3N3O2S. The zero-order valence-electron chi connectivity index (χ0n) is 14.4. The zero-order valence-corrected chi connectivity index (χ0v) is 15.3. The van der Waals surface area contributed by atoms with E-state index in [1.54, 1.807) is 24.3 Å². The molecule has 1 N–H and O–H groups in total. The molecule has 27 heavy (non-hydrogen) atoms. The number of hydrogen-bond donors (Lipinski definition) is 1. The lowest BCUT2D eigenvalue weighted by molar-refractivity contribution is -0.141. The van der Waals surface area contributed by atoms with Gasteiger partial charge in [0.1, 0.15) is 0 Å². The quantitative estimate of drug-likeness (QED) is 0.723. The smallest absolute Gasteiger partial charge is 0.200 e. The highest BCUT2D eigenvalue weighted by molar-refractivity contribution is 7.92. The Morgan fingerprint density at radius 3 is 2.22 bits per heavy atom. The van der Waals surface area contributed by atoms with Crippen molar-refractivity contribution < 1.29 is 21.6 Å². The molecule has 1 heterocycles. The van der Waals surface area contributed by atoms with Crippen LogP contribution in [0.2, 0.25) is 0 Å². The van der Waals surface area contributed by atoms with E-state index in [0.29, 0.717) is 10.4 Å². The molecule has 0 unspecified atom stereocenters. The normalized spacial score (nSPS) is 12.2. The number of alkyl halides is 3. The van der Waals surface area contributed by atoms with Crippen molar-refractivity contribution in [2.24, 2.45) is 0 Å². The van der Waals surface area contributed by atoms with Gasteiger partial charge in [0.25, 0.3) is 10.0 Å². The molecular weight excluding hydrogens is 379 g/mol. The van der Waals surface area contributed by atoms with E-state index in [4.69, 9.17) is 0 Å². The van der Waals surface area contributed by atoms with Crippen molar-refractivity contribution in [2.75, 3.05) is 4.83 Å². The number of benzene rings is 2. The summed E-state index contributed by atoms with van der Waals surface area (Å²) in [5, 5.41) is 3.42. The van der Waals surface area contributed by atoms with E-state index in [1.807, 2.05) is 13.8 Å². The molecule has 1 aromatic heterocycles. The molecule has 2 aromatic carbocycles. The Kier molecular flexibility index (Phi) is 4.73. The second-order valence-electron chi connectivity index (χ2n) is 6.03. The molecule has 0 atom stereocenters. The minimum Gasteiger partial charge on any atom is -0.200 e. The predicted octanol–water partition coefficient (Wildman–Crippen LogP) is 4.12. The first kappa shape index (κ1) is 19.0. The summed E-state index contributed by atoms with van der Waals surface area (Å²) in [6.45, 7) is 3.69. The van der Waals surface area contributed by atoms with Crippen LogP contribution in [-0.2, 0) is 16.2 Å². The summed E-state index contributed by atoms with van der Waals surface area (Å²) in [7, 11) is -4.11. The summed E-state index contributed by atoms with van der Waals surface area (Å²) in [6.07, 6.45) is -4.71. The van der Waals surface area contributed by atoms with E-state index in [0.717, 1.165) is 17.2 Å². The van der Waals surface area contributed by atoms with Gasteiger partial charge in [-0.25, -0.2) is 0 Å². The fraction of sp³-hybridized carbons (Fsp3) is 0.167. The fourth-order valence-corrected chi connectivity index (χ4v) is 3.45. The van der Waals surface area contributed by atoms with Gasteiger partial charge in [-0.1, -0.05) is 30.3 Å². The van der Waals surface area contributed by atoms with Crippen LogP contribution >= 0.6 is 0 Å².